The highest BCUT2D eigenvalue weighted by Crippen LogP contribution is 2.23. The Kier molecular flexibility index (Phi) is 5.04. The van der Waals surface area contributed by atoms with E-state index in [1.165, 1.54) is 0 Å². The molecule has 1 aromatic heterocycles. The number of hydrogen-bond donors (Lipinski definition) is 1. The minimum Gasteiger partial charge on any atom is -0.391 e. The second-order valence-electron chi connectivity index (χ2n) is 6.14. The first-order valence-electron chi connectivity index (χ1n) is 8.00. The lowest BCUT2D eigenvalue weighted by Gasteiger charge is -2.34. The third-order valence-corrected chi connectivity index (χ3v) is 4.77. The van der Waals surface area contributed by atoms with Crippen LogP contribution in [0.3, 0.4) is 0 Å². The van der Waals surface area contributed by atoms with Crippen LogP contribution in [-0.4, -0.2) is 44.9 Å². The summed E-state index contributed by atoms with van der Waals surface area (Å²) in [6.07, 6.45) is 4.13. The molecule has 1 amide bonds. The predicted octanol–water partition coefficient (Wildman–Crippen LogP) is 2.40. The van der Waals surface area contributed by atoms with Gasteiger partial charge in [0.05, 0.1) is 23.9 Å². The van der Waals surface area contributed by atoms with Crippen molar-refractivity contribution in [2.24, 2.45) is 5.92 Å². The Balaban J connectivity index is 2.17. The van der Waals surface area contributed by atoms with Crippen molar-refractivity contribution in [3.8, 4) is 0 Å². The van der Waals surface area contributed by atoms with Gasteiger partial charge in [-0.25, -0.2) is 0 Å². The second kappa shape index (κ2) is 6.60. The van der Waals surface area contributed by atoms with E-state index in [0.717, 1.165) is 25.0 Å². The van der Waals surface area contributed by atoms with Crippen molar-refractivity contribution < 1.29 is 9.90 Å². The molecule has 0 aliphatic carbocycles. The molecule has 5 nitrogen and oxygen atoms in total. The molecule has 0 spiro atoms. The molecule has 2 rings (SSSR count). The summed E-state index contributed by atoms with van der Waals surface area (Å²) >= 11 is 0. The van der Waals surface area contributed by atoms with Gasteiger partial charge in [-0.05, 0) is 32.1 Å². The lowest BCUT2D eigenvalue weighted by Crippen LogP contribution is -2.45. The van der Waals surface area contributed by atoms with E-state index in [9.17, 15) is 9.90 Å². The minimum atomic E-state index is -0.419. The van der Waals surface area contributed by atoms with Crippen LogP contribution in [0.15, 0.2) is 6.20 Å². The standard InChI is InChI=1S/C16H27N3O2/c1-5-13(6-2)19-12(4)14(9-17-19)16(21)18-8-7-11(3)15(20)10-18/h9,11,13,15,20H,5-8,10H2,1-4H3. The topological polar surface area (TPSA) is 58.4 Å². The molecule has 5 heteroatoms. The first-order valence-corrected chi connectivity index (χ1v) is 8.00. The summed E-state index contributed by atoms with van der Waals surface area (Å²) in [4.78, 5) is 14.4. The summed E-state index contributed by atoms with van der Waals surface area (Å²) in [5, 5.41) is 14.4. The van der Waals surface area contributed by atoms with E-state index in [1.54, 1.807) is 11.1 Å². The molecule has 2 atom stereocenters. The zero-order valence-electron chi connectivity index (χ0n) is 13.5. The van der Waals surface area contributed by atoms with Gasteiger partial charge in [0.2, 0.25) is 0 Å². The molecule has 0 bridgehead atoms. The van der Waals surface area contributed by atoms with Gasteiger partial charge in [0.15, 0.2) is 0 Å². The molecule has 0 aromatic carbocycles. The van der Waals surface area contributed by atoms with Crippen molar-refractivity contribution in [3.63, 3.8) is 0 Å². The lowest BCUT2D eigenvalue weighted by molar-refractivity contribution is 0.0248. The fourth-order valence-electron chi connectivity index (χ4n) is 3.04. The second-order valence-corrected chi connectivity index (χ2v) is 6.14. The molecule has 2 unspecified atom stereocenters. The van der Waals surface area contributed by atoms with Gasteiger partial charge in [0.25, 0.3) is 5.91 Å². The Labute approximate surface area is 126 Å². The van der Waals surface area contributed by atoms with Crippen LogP contribution < -0.4 is 0 Å². The smallest absolute Gasteiger partial charge is 0.257 e. The average molecular weight is 293 g/mol. The maximum Gasteiger partial charge on any atom is 0.257 e. The Morgan fingerprint density at radius 2 is 2.14 bits per heavy atom. The predicted molar refractivity (Wildman–Crippen MR) is 82.3 cm³/mol. The molecule has 118 valence electrons. The van der Waals surface area contributed by atoms with E-state index in [2.05, 4.69) is 18.9 Å². The number of amides is 1. The molecule has 1 aliphatic rings. The third kappa shape index (κ3) is 3.12. The molecule has 21 heavy (non-hydrogen) atoms. The molecule has 1 fully saturated rings. The van der Waals surface area contributed by atoms with Crippen molar-refractivity contribution >= 4 is 5.91 Å². The molecule has 0 radical (unpaired) electrons. The van der Waals surface area contributed by atoms with Crippen molar-refractivity contribution in [2.45, 2.75) is 59.1 Å². The number of aliphatic hydroxyl groups is 1. The maximum atomic E-state index is 12.6. The normalized spacial score (nSPS) is 22.9. The van der Waals surface area contributed by atoms with Gasteiger partial charge in [-0.1, -0.05) is 20.8 Å². The van der Waals surface area contributed by atoms with Crippen molar-refractivity contribution in [3.05, 3.63) is 17.5 Å². The molecule has 2 heterocycles. The van der Waals surface area contributed by atoms with Gasteiger partial charge in [-0.15, -0.1) is 0 Å². The Morgan fingerprint density at radius 3 is 2.71 bits per heavy atom. The van der Waals surface area contributed by atoms with Crippen LogP contribution >= 0.6 is 0 Å². The number of likely N-dealkylation sites (tertiary alicyclic amines) is 1. The van der Waals surface area contributed by atoms with E-state index >= 15 is 0 Å². The van der Waals surface area contributed by atoms with Crippen molar-refractivity contribution in [1.82, 2.24) is 14.7 Å². The Bertz CT molecular complexity index is 494. The molecular formula is C16H27N3O2. The number of nitrogens with zero attached hydrogens (tertiary/aromatic N) is 3. The number of hydrogen-bond acceptors (Lipinski definition) is 3. The van der Waals surface area contributed by atoms with Crippen LogP contribution in [0.2, 0.25) is 0 Å². The minimum absolute atomic E-state index is 0.00402. The van der Waals surface area contributed by atoms with E-state index in [-0.39, 0.29) is 11.8 Å². The first-order chi connectivity index (χ1) is 9.99. The van der Waals surface area contributed by atoms with Gasteiger partial charge in [0, 0.05) is 18.8 Å². The summed E-state index contributed by atoms with van der Waals surface area (Å²) in [6, 6.07) is 0.346. The highest BCUT2D eigenvalue weighted by atomic mass is 16.3. The summed E-state index contributed by atoms with van der Waals surface area (Å²) in [6.45, 7) is 9.41. The van der Waals surface area contributed by atoms with Crippen molar-refractivity contribution in [1.29, 1.82) is 0 Å². The van der Waals surface area contributed by atoms with E-state index in [0.29, 0.717) is 24.7 Å². The van der Waals surface area contributed by atoms with E-state index in [4.69, 9.17) is 0 Å². The number of rotatable bonds is 4. The number of carbonyl (C=O) groups is 1. The summed E-state index contributed by atoms with van der Waals surface area (Å²) in [5.74, 6) is 0.262. The number of piperidine rings is 1. The highest BCUT2D eigenvalue weighted by Gasteiger charge is 2.29. The molecular weight excluding hydrogens is 266 g/mol. The maximum absolute atomic E-state index is 12.6. The zero-order chi connectivity index (χ0) is 15.6. The monoisotopic (exact) mass is 293 g/mol. The van der Waals surface area contributed by atoms with Gasteiger partial charge in [-0.3, -0.25) is 9.48 Å². The van der Waals surface area contributed by atoms with Crippen LogP contribution in [0.25, 0.3) is 0 Å². The van der Waals surface area contributed by atoms with E-state index < -0.39 is 6.10 Å². The fraction of sp³-hybridized carbons (Fsp3) is 0.750. The SMILES string of the molecule is CCC(CC)n1ncc(C(=O)N2CCC(C)C(O)C2)c1C. The van der Waals surface area contributed by atoms with Crippen LogP contribution in [0.5, 0.6) is 0 Å². The van der Waals surface area contributed by atoms with Crippen LogP contribution in [0, 0.1) is 12.8 Å². The van der Waals surface area contributed by atoms with Gasteiger partial charge >= 0.3 is 0 Å². The highest BCUT2D eigenvalue weighted by molar-refractivity contribution is 5.95. The number of aromatic nitrogens is 2. The summed E-state index contributed by atoms with van der Waals surface area (Å²) < 4.78 is 1.97. The largest absolute Gasteiger partial charge is 0.391 e. The van der Waals surface area contributed by atoms with E-state index in [1.807, 2.05) is 18.5 Å². The molecule has 1 N–H and O–H groups in total. The fourth-order valence-corrected chi connectivity index (χ4v) is 3.04. The average Bonchev–Trinajstić information content (AvgIpc) is 2.85. The summed E-state index contributed by atoms with van der Waals surface area (Å²) in [7, 11) is 0. The third-order valence-electron chi connectivity index (χ3n) is 4.77. The number of aliphatic hydroxyl groups excluding tert-OH is 1. The van der Waals surface area contributed by atoms with Crippen LogP contribution in [0.1, 0.15) is 62.1 Å². The summed E-state index contributed by atoms with van der Waals surface area (Å²) in [5.41, 5.74) is 1.60. The number of β-amino-alcohol motifs (C(OH)–C–C–N with tert-alkyl or cyclic N) is 1. The molecule has 1 aliphatic heterocycles. The zero-order valence-corrected chi connectivity index (χ0v) is 13.5. The van der Waals surface area contributed by atoms with Crippen LogP contribution in [-0.2, 0) is 0 Å². The quantitative estimate of drug-likeness (QED) is 0.927. The van der Waals surface area contributed by atoms with Gasteiger partial charge in [0.1, 0.15) is 0 Å². The lowest BCUT2D eigenvalue weighted by atomic mass is 9.95. The number of carbonyl (C=O) groups excluding carboxylic acids is 1. The molecule has 1 saturated heterocycles. The Hall–Kier alpha value is -1.36. The Morgan fingerprint density at radius 1 is 1.48 bits per heavy atom. The molecule has 0 saturated carbocycles. The van der Waals surface area contributed by atoms with Crippen molar-refractivity contribution in [2.75, 3.05) is 13.1 Å². The van der Waals surface area contributed by atoms with Gasteiger partial charge in [-0.2, -0.15) is 5.10 Å². The van der Waals surface area contributed by atoms with Gasteiger partial charge < -0.3 is 10.0 Å². The first kappa shape index (κ1) is 16.0. The van der Waals surface area contributed by atoms with Crippen LogP contribution in [0.4, 0.5) is 0 Å². The molecule has 1 aromatic rings.